The third-order valence-electron chi connectivity index (χ3n) is 7.33. The van der Waals surface area contributed by atoms with Crippen molar-refractivity contribution in [2.75, 3.05) is 6.61 Å². The molecule has 202 valence electrons. The van der Waals surface area contributed by atoms with Crippen molar-refractivity contribution in [3.8, 4) is 58.8 Å². The van der Waals surface area contributed by atoms with E-state index in [-0.39, 0.29) is 0 Å². The number of hydrogen-bond acceptors (Lipinski definition) is 2. The topological polar surface area (TPSA) is 18.5 Å². The van der Waals surface area contributed by atoms with Gasteiger partial charge in [0, 0.05) is 26.3 Å². The van der Waals surface area contributed by atoms with Gasteiger partial charge in [-0.3, -0.25) is 0 Å². The molecule has 5 rings (SSSR count). The highest BCUT2D eigenvalue weighted by Crippen LogP contribution is 2.58. The van der Waals surface area contributed by atoms with Crippen LogP contribution in [0.25, 0.3) is 11.1 Å². The van der Waals surface area contributed by atoms with E-state index in [9.17, 15) is 0 Å². The number of fused-ring (bicyclic) bond motifs is 3. The number of halogens is 2. The first-order chi connectivity index (χ1) is 20.1. The Kier molecular flexibility index (Phi) is 9.21. The second kappa shape index (κ2) is 13.2. The number of unbranched alkanes of at least 4 members (excludes halogenated alkanes) is 3. The van der Waals surface area contributed by atoms with Crippen LogP contribution in [0.2, 0.25) is 0 Å². The van der Waals surface area contributed by atoms with Crippen molar-refractivity contribution >= 4 is 31.9 Å². The van der Waals surface area contributed by atoms with Gasteiger partial charge in [-0.1, -0.05) is 101 Å². The van der Waals surface area contributed by atoms with Crippen molar-refractivity contribution < 1.29 is 9.47 Å². The molecule has 1 atom stereocenters. The number of terminal acetylenes is 1. The molecule has 4 aromatic carbocycles. The largest absolute Gasteiger partial charge is 0.494 e. The van der Waals surface area contributed by atoms with Gasteiger partial charge in [-0.05, 0) is 88.5 Å². The minimum absolute atomic E-state index is 0.555. The molecule has 1 aliphatic rings. The Hall–Kier alpha value is -3.88. The molecule has 41 heavy (non-hydrogen) atoms. The monoisotopic (exact) mass is 662 g/mol. The number of rotatable bonds is 9. The van der Waals surface area contributed by atoms with Crippen LogP contribution in [0.1, 0.15) is 54.9 Å². The number of hydrogen-bond donors (Lipinski definition) is 0. The van der Waals surface area contributed by atoms with Gasteiger partial charge < -0.3 is 9.47 Å². The molecule has 0 fully saturated rings. The summed E-state index contributed by atoms with van der Waals surface area (Å²) in [5.74, 6) is 11.4. The molecule has 1 unspecified atom stereocenters. The van der Waals surface area contributed by atoms with E-state index in [0.29, 0.717) is 5.75 Å². The first kappa shape index (κ1) is 28.6. The standard InChI is InChI=1S/C37H28Br2O2/c1-3-5-7-9-24-40-30-19-14-27(15-20-30)37(28-16-21-31(22-17-28)41-25-10-8-6-4-2)33-12-11-13-35(39)36(33)32-23-18-29(38)26-34(32)37/h1,11-23,26H,4,6,8,10,25H2,2H3. The third kappa shape index (κ3) is 5.80. The second-order valence-electron chi connectivity index (χ2n) is 9.78. The minimum atomic E-state index is -0.555. The quantitative estimate of drug-likeness (QED) is 0.116. The van der Waals surface area contributed by atoms with Gasteiger partial charge in [-0.2, -0.15) is 0 Å². The number of benzene rings is 4. The predicted octanol–water partition coefficient (Wildman–Crippen LogP) is 9.51. The van der Waals surface area contributed by atoms with Gasteiger partial charge in [-0.25, -0.2) is 0 Å². The molecule has 1 aliphatic carbocycles. The molecule has 4 aromatic rings. The van der Waals surface area contributed by atoms with E-state index in [1.165, 1.54) is 41.5 Å². The Morgan fingerprint density at radius 1 is 0.756 bits per heavy atom. The van der Waals surface area contributed by atoms with Gasteiger partial charge in [0.2, 0.25) is 0 Å². The molecule has 0 bridgehead atoms. The van der Waals surface area contributed by atoms with E-state index in [1.54, 1.807) is 0 Å². The highest BCUT2D eigenvalue weighted by Gasteiger charge is 2.46. The molecule has 4 heteroatoms. The average molecular weight is 664 g/mol. The summed E-state index contributed by atoms with van der Waals surface area (Å²) in [5.41, 5.74) is 6.54. The Balaban J connectivity index is 1.61. The van der Waals surface area contributed by atoms with E-state index in [0.717, 1.165) is 38.8 Å². The Labute approximate surface area is 259 Å². The molecule has 0 aliphatic heterocycles. The minimum Gasteiger partial charge on any atom is -0.494 e. The summed E-state index contributed by atoms with van der Waals surface area (Å²) in [6.07, 6.45) is 12.5. The van der Waals surface area contributed by atoms with E-state index in [1.807, 2.05) is 12.1 Å². The predicted molar refractivity (Wildman–Crippen MR) is 174 cm³/mol. The van der Waals surface area contributed by atoms with Crippen LogP contribution in [0.15, 0.2) is 93.9 Å². The number of ether oxygens (including phenoxy) is 2. The summed E-state index contributed by atoms with van der Waals surface area (Å²) >= 11 is 7.61. The maximum atomic E-state index is 6.10. The van der Waals surface area contributed by atoms with Crippen LogP contribution in [-0.4, -0.2) is 6.61 Å². The van der Waals surface area contributed by atoms with Crippen LogP contribution in [0, 0.1) is 36.2 Å². The van der Waals surface area contributed by atoms with E-state index in [4.69, 9.17) is 15.9 Å². The molecule has 0 aromatic heterocycles. The lowest BCUT2D eigenvalue weighted by atomic mass is 9.67. The fraction of sp³-hybridized carbons (Fsp3) is 0.189. The molecule has 0 radical (unpaired) electrons. The van der Waals surface area contributed by atoms with E-state index >= 15 is 0 Å². The van der Waals surface area contributed by atoms with Crippen LogP contribution in [0.4, 0.5) is 0 Å². The summed E-state index contributed by atoms with van der Waals surface area (Å²) in [5, 5.41) is 0. The molecule has 2 nitrogen and oxygen atoms in total. The summed E-state index contributed by atoms with van der Waals surface area (Å²) < 4.78 is 13.8. The Morgan fingerprint density at radius 2 is 1.49 bits per heavy atom. The van der Waals surface area contributed by atoms with E-state index < -0.39 is 5.41 Å². The van der Waals surface area contributed by atoms with Gasteiger partial charge in [0.15, 0.2) is 0 Å². The first-order valence-electron chi connectivity index (χ1n) is 13.6. The van der Waals surface area contributed by atoms with Gasteiger partial charge in [-0.15, -0.1) is 6.42 Å². The molecule has 0 amide bonds. The fourth-order valence-corrected chi connectivity index (χ4v) is 6.50. The van der Waals surface area contributed by atoms with Crippen LogP contribution in [0.5, 0.6) is 11.5 Å². The smallest absolute Gasteiger partial charge is 0.140 e. The van der Waals surface area contributed by atoms with Crippen molar-refractivity contribution in [3.63, 3.8) is 0 Å². The Bertz CT molecular complexity index is 1710. The van der Waals surface area contributed by atoms with Crippen LogP contribution < -0.4 is 9.47 Å². The molecular weight excluding hydrogens is 636 g/mol. The van der Waals surface area contributed by atoms with Gasteiger partial charge in [0.1, 0.15) is 17.6 Å². The summed E-state index contributed by atoms with van der Waals surface area (Å²) in [6.45, 7) is 2.95. The molecule has 0 saturated carbocycles. The van der Waals surface area contributed by atoms with Crippen LogP contribution in [-0.2, 0) is 5.41 Å². The molecular formula is C37H28Br2O2. The summed E-state index contributed by atoms with van der Waals surface area (Å²) in [4.78, 5) is 0. The van der Waals surface area contributed by atoms with Gasteiger partial charge >= 0.3 is 0 Å². The summed E-state index contributed by atoms with van der Waals surface area (Å²) in [7, 11) is 0. The zero-order chi connectivity index (χ0) is 28.7. The highest BCUT2D eigenvalue weighted by atomic mass is 79.9. The maximum absolute atomic E-state index is 6.10. The van der Waals surface area contributed by atoms with Crippen molar-refractivity contribution in [1.29, 1.82) is 0 Å². The highest BCUT2D eigenvalue weighted by molar-refractivity contribution is 9.10. The lowest BCUT2D eigenvalue weighted by Gasteiger charge is -2.34. The molecule has 0 heterocycles. The lowest BCUT2D eigenvalue weighted by molar-refractivity contribution is 0.305. The zero-order valence-electron chi connectivity index (χ0n) is 22.8. The zero-order valence-corrected chi connectivity index (χ0v) is 25.9. The van der Waals surface area contributed by atoms with Crippen molar-refractivity contribution in [1.82, 2.24) is 0 Å². The molecule has 0 saturated heterocycles. The van der Waals surface area contributed by atoms with Crippen LogP contribution >= 0.6 is 31.9 Å². The second-order valence-corrected chi connectivity index (χ2v) is 11.6. The van der Waals surface area contributed by atoms with Gasteiger partial charge in [0.25, 0.3) is 0 Å². The Morgan fingerprint density at radius 3 is 2.20 bits per heavy atom. The maximum Gasteiger partial charge on any atom is 0.140 e. The molecule has 0 spiro atoms. The SMILES string of the molecule is C#CC#CC#COc1ccc(C2(c3ccc(OCCCCCC)cc3)c3cc(Br)ccc3-c3c(Br)cccc32)cc1. The first-order valence-corrected chi connectivity index (χ1v) is 15.2. The normalized spacial score (nSPS) is 14.4. The fourth-order valence-electron chi connectivity index (χ4n) is 5.56. The van der Waals surface area contributed by atoms with Crippen molar-refractivity contribution in [3.05, 3.63) is 116 Å². The van der Waals surface area contributed by atoms with Crippen molar-refractivity contribution in [2.24, 2.45) is 0 Å². The summed E-state index contributed by atoms with van der Waals surface area (Å²) in [6, 6.07) is 29.7. The van der Waals surface area contributed by atoms with Gasteiger partial charge in [0.05, 0.1) is 12.0 Å². The van der Waals surface area contributed by atoms with E-state index in [2.05, 4.69) is 141 Å². The van der Waals surface area contributed by atoms with Crippen LogP contribution in [0.3, 0.4) is 0 Å². The van der Waals surface area contributed by atoms with Crippen molar-refractivity contribution in [2.45, 2.75) is 38.0 Å². The third-order valence-corrected chi connectivity index (χ3v) is 8.49. The molecule has 0 N–H and O–H groups in total. The lowest BCUT2D eigenvalue weighted by Crippen LogP contribution is -2.28. The average Bonchev–Trinajstić information content (AvgIpc) is 3.29.